The van der Waals surface area contributed by atoms with E-state index in [1.807, 2.05) is 11.4 Å². The highest BCUT2D eigenvalue weighted by Crippen LogP contribution is 2.44. The maximum atomic E-state index is 14.2. The molecular weight excluding hydrogens is 519 g/mol. The number of alkyl halides is 1. The highest BCUT2D eigenvalue weighted by atomic mass is 32.1. The summed E-state index contributed by atoms with van der Waals surface area (Å²) in [7, 11) is 3.15. The number of hydrogen-bond donors (Lipinski definition) is 1. The average molecular weight is 545 g/mol. The molecule has 1 N–H and O–H groups in total. The molecule has 194 valence electrons. The van der Waals surface area contributed by atoms with Crippen LogP contribution in [0.25, 0.3) is 27.4 Å². The topological polar surface area (TPSA) is 104 Å². The van der Waals surface area contributed by atoms with Crippen molar-refractivity contribution in [2.24, 2.45) is 0 Å². The fourth-order valence-electron chi connectivity index (χ4n) is 4.47. The Labute approximate surface area is 219 Å². The zero-order chi connectivity index (χ0) is 25.8. The Hall–Kier alpha value is -3.22. The first-order valence-corrected chi connectivity index (χ1v) is 13.5. The molecule has 37 heavy (non-hydrogen) atoms. The second kappa shape index (κ2) is 8.96. The normalized spacial score (nSPS) is 22.1. The van der Waals surface area contributed by atoms with Gasteiger partial charge in [0.25, 0.3) is 5.19 Å². The van der Waals surface area contributed by atoms with E-state index < -0.39 is 11.3 Å². The van der Waals surface area contributed by atoms with Crippen LogP contribution in [-0.2, 0) is 12.2 Å². The number of rotatable bonds is 7. The first-order chi connectivity index (χ1) is 17.7. The van der Waals surface area contributed by atoms with Crippen molar-refractivity contribution >= 4 is 38.6 Å². The van der Waals surface area contributed by atoms with Crippen LogP contribution in [0.3, 0.4) is 0 Å². The number of imidazole rings is 1. The van der Waals surface area contributed by atoms with E-state index >= 15 is 0 Å². The number of halogens is 1. The number of ether oxygens (including phenoxy) is 3. The molecule has 1 saturated carbocycles. The van der Waals surface area contributed by atoms with Crippen molar-refractivity contribution in [3.05, 3.63) is 40.5 Å². The number of fused-ring (bicyclic) bond motifs is 2. The third kappa shape index (κ3) is 4.53. The van der Waals surface area contributed by atoms with Gasteiger partial charge in [-0.25, -0.2) is 18.9 Å². The summed E-state index contributed by atoms with van der Waals surface area (Å²) < 4.78 is 38.7. The molecule has 0 amide bonds. The van der Waals surface area contributed by atoms with Crippen molar-refractivity contribution in [2.75, 3.05) is 14.2 Å². The maximum absolute atomic E-state index is 14.2. The lowest BCUT2D eigenvalue weighted by molar-refractivity contribution is -0.0447. The lowest BCUT2D eigenvalue weighted by atomic mass is 9.78. The first kappa shape index (κ1) is 24.1. The Morgan fingerprint density at radius 1 is 1.14 bits per heavy atom. The fourth-order valence-corrected chi connectivity index (χ4v) is 6.13. The molecule has 1 aliphatic rings. The maximum Gasteiger partial charge on any atom is 0.294 e. The number of benzene rings is 1. The Bertz CT molecular complexity index is 1550. The first-order valence-electron chi connectivity index (χ1n) is 11.8. The number of furan rings is 1. The van der Waals surface area contributed by atoms with Crippen LogP contribution in [-0.4, -0.2) is 44.6 Å². The van der Waals surface area contributed by atoms with Gasteiger partial charge in [-0.15, -0.1) is 16.4 Å². The zero-order valence-electron chi connectivity index (χ0n) is 20.5. The Morgan fingerprint density at radius 2 is 1.95 bits per heavy atom. The quantitative estimate of drug-likeness (QED) is 0.276. The molecule has 4 heterocycles. The SMILES string of the molecule is COc1cc(OCc2csc(C3(O)CCC(C)(F)CC3)n2)c2cc(-c3cn4nc(OC)sc4n3)oc2c1. The third-order valence-corrected chi connectivity index (χ3v) is 8.67. The molecule has 0 bridgehead atoms. The van der Waals surface area contributed by atoms with Crippen LogP contribution < -0.4 is 14.2 Å². The molecule has 1 fully saturated rings. The summed E-state index contributed by atoms with van der Waals surface area (Å²) in [6.07, 6.45) is 3.13. The van der Waals surface area contributed by atoms with Gasteiger partial charge in [0.05, 0.1) is 31.5 Å². The predicted octanol–water partition coefficient (Wildman–Crippen LogP) is 5.75. The number of aromatic nitrogens is 4. The van der Waals surface area contributed by atoms with E-state index in [4.69, 9.17) is 18.6 Å². The Morgan fingerprint density at radius 3 is 2.68 bits per heavy atom. The van der Waals surface area contributed by atoms with E-state index in [-0.39, 0.29) is 6.61 Å². The lowest BCUT2D eigenvalue weighted by Gasteiger charge is -2.36. The van der Waals surface area contributed by atoms with Gasteiger partial charge >= 0.3 is 0 Å². The summed E-state index contributed by atoms with van der Waals surface area (Å²) in [4.78, 5) is 9.90. The van der Waals surface area contributed by atoms with Crippen LogP contribution in [0, 0.1) is 0 Å². The second-order valence-electron chi connectivity index (χ2n) is 9.45. The molecule has 0 aliphatic heterocycles. The minimum Gasteiger partial charge on any atom is -0.496 e. The second-order valence-corrected chi connectivity index (χ2v) is 11.2. The van der Waals surface area contributed by atoms with Gasteiger partial charge in [-0.2, -0.15) is 0 Å². The molecule has 0 spiro atoms. The van der Waals surface area contributed by atoms with Crippen LogP contribution in [0.5, 0.6) is 16.7 Å². The summed E-state index contributed by atoms with van der Waals surface area (Å²) in [6, 6.07) is 5.46. The van der Waals surface area contributed by atoms with Crippen LogP contribution in [0.4, 0.5) is 4.39 Å². The Balaban J connectivity index is 1.24. The van der Waals surface area contributed by atoms with Crippen LogP contribution >= 0.6 is 22.7 Å². The summed E-state index contributed by atoms with van der Waals surface area (Å²) in [5.41, 5.74) is -0.399. The van der Waals surface area contributed by atoms with E-state index in [9.17, 15) is 9.50 Å². The van der Waals surface area contributed by atoms with Gasteiger partial charge in [-0.3, -0.25) is 0 Å². The van der Waals surface area contributed by atoms with Crippen LogP contribution in [0.15, 0.2) is 34.2 Å². The van der Waals surface area contributed by atoms with Crippen molar-refractivity contribution in [1.29, 1.82) is 0 Å². The number of hydrogen-bond acceptors (Lipinski definition) is 10. The molecule has 0 radical (unpaired) electrons. The molecule has 0 saturated heterocycles. The molecular formula is C25H25FN4O5S2. The fraction of sp³-hybridized carbons (Fsp3) is 0.400. The van der Waals surface area contributed by atoms with Crippen molar-refractivity contribution in [3.8, 4) is 28.1 Å². The molecule has 6 rings (SSSR count). The van der Waals surface area contributed by atoms with E-state index in [2.05, 4.69) is 15.1 Å². The van der Waals surface area contributed by atoms with Gasteiger partial charge in [-0.1, -0.05) is 0 Å². The summed E-state index contributed by atoms with van der Waals surface area (Å²) in [5, 5.41) is 19.1. The molecule has 4 aromatic heterocycles. The Kier molecular flexibility index (Phi) is 5.85. The van der Waals surface area contributed by atoms with Crippen LogP contribution in [0.1, 0.15) is 43.3 Å². The summed E-state index contributed by atoms with van der Waals surface area (Å²) in [6.45, 7) is 1.79. The largest absolute Gasteiger partial charge is 0.496 e. The monoisotopic (exact) mass is 544 g/mol. The number of nitrogens with zero attached hydrogens (tertiary/aromatic N) is 4. The van der Waals surface area contributed by atoms with Gasteiger partial charge in [0, 0.05) is 17.5 Å². The lowest BCUT2D eigenvalue weighted by Crippen LogP contribution is -2.37. The number of aliphatic hydroxyl groups is 1. The van der Waals surface area contributed by atoms with Crippen molar-refractivity contribution in [1.82, 2.24) is 19.6 Å². The standard InChI is InChI=1S/C25H25FN4O5S2/c1-24(26)4-6-25(31,7-5-24)21-27-14(13-36-21)12-34-18-8-15(32-2)9-19-16(18)10-20(35-19)17-11-30-22(28-17)37-23(29-30)33-3/h8-11,13,31H,4-7,12H2,1-3H3. The van der Waals surface area contributed by atoms with Gasteiger partial charge in [-0.05, 0) is 50.0 Å². The third-order valence-electron chi connectivity index (χ3n) is 6.71. The molecule has 5 aromatic rings. The van der Waals surface area contributed by atoms with Gasteiger partial charge in [0.15, 0.2) is 5.76 Å². The molecule has 1 aromatic carbocycles. The van der Waals surface area contributed by atoms with Gasteiger partial charge in [0.1, 0.15) is 45.7 Å². The van der Waals surface area contributed by atoms with E-state index in [1.165, 1.54) is 22.7 Å². The number of methoxy groups -OCH3 is 2. The van der Waals surface area contributed by atoms with E-state index in [1.54, 1.807) is 44.0 Å². The van der Waals surface area contributed by atoms with Crippen LogP contribution in [0.2, 0.25) is 0 Å². The molecule has 1 aliphatic carbocycles. The van der Waals surface area contributed by atoms with E-state index in [0.29, 0.717) is 75.1 Å². The van der Waals surface area contributed by atoms with Crippen molar-refractivity contribution < 1.29 is 28.1 Å². The van der Waals surface area contributed by atoms with Crippen molar-refractivity contribution in [2.45, 2.75) is 50.5 Å². The summed E-state index contributed by atoms with van der Waals surface area (Å²) >= 11 is 2.71. The zero-order valence-corrected chi connectivity index (χ0v) is 22.1. The molecule has 0 unspecified atom stereocenters. The molecule has 0 atom stereocenters. The van der Waals surface area contributed by atoms with E-state index in [0.717, 1.165) is 5.39 Å². The smallest absolute Gasteiger partial charge is 0.294 e. The van der Waals surface area contributed by atoms with Crippen molar-refractivity contribution in [3.63, 3.8) is 0 Å². The minimum atomic E-state index is -1.23. The van der Waals surface area contributed by atoms with Gasteiger partial charge in [0.2, 0.25) is 4.96 Å². The highest BCUT2D eigenvalue weighted by Gasteiger charge is 2.42. The minimum absolute atomic E-state index is 0.195. The van der Waals surface area contributed by atoms with Gasteiger partial charge < -0.3 is 23.7 Å². The summed E-state index contributed by atoms with van der Waals surface area (Å²) in [5.74, 6) is 1.73. The number of thiazole rings is 1. The predicted molar refractivity (Wildman–Crippen MR) is 137 cm³/mol. The molecule has 9 nitrogen and oxygen atoms in total. The average Bonchev–Trinajstić information content (AvgIpc) is 3.66. The molecule has 12 heteroatoms. The highest BCUT2D eigenvalue weighted by molar-refractivity contribution is 7.18.